The number of carbonyl (C=O) groups is 1. The number of hydrogen-bond acceptors (Lipinski definition) is 3. The molecule has 0 spiro atoms. The number of para-hydroxylation sites is 3. The van der Waals surface area contributed by atoms with Crippen molar-refractivity contribution in [2.75, 3.05) is 6.61 Å². The molecule has 1 aromatic heterocycles. The Morgan fingerprint density at radius 1 is 1.17 bits per heavy atom. The van der Waals surface area contributed by atoms with E-state index in [-0.39, 0.29) is 6.04 Å². The molecule has 1 amide bonds. The molecule has 0 saturated heterocycles. The maximum atomic E-state index is 10.8. The van der Waals surface area contributed by atoms with Crippen LogP contribution in [0.15, 0.2) is 54.6 Å². The second-order valence-corrected chi connectivity index (χ2v) is 5.63. The van der Waals surface area contributed by atoms with Gasteiger partial charge in [-0.05, 0) is 37.6 Å². The van der Waals surface area contributed by atoms with Crippen molar-refractivity contribution in [3.05, 3.63) is 60.4 Å². The number of carbonyl (C=O) groups excluding carboxylic acids is 1. The summed E-state index contributed by atoms with van der Waals surface area (Å²) in [5.74, 6) is 1.74. The molecule has 1 unspecified atom stereocenters. The molecule has 2 aromatic carbocycles. The smallest absolute Gasteiger partial charge is 0.207 e. The van der Waals surface area contributed by atoms with E-state index in [1.54, 1.807) is 0 Å². The zero-order chi connectivity index (χ0) is 16.8. The highest BCUT2D eigenvalue weighted by Gasteiger charge is 2.15. The maximum Gasteiger partial charge on any atom is 0.207 e. The summed E-state index contributed by atoms with van der Waals surface area (Å²) in [5, 5.41) is 2.78. The monoisotopic (exact) mass is 323 g/mol. The Hall–Kier alpha value is -2.82. The van der Waals surface area contributed by atoms with Crippen LogP contribution in [0.1, 0.15) is 25.2 Å². The van der Waals surface area contributed by atoms with Gasteiger partial charge >= 0.3 is 0 Å². The molecule has 0 aliphatic carbocycles. The molecule has 0 fully saturated rings. The van der Waals surface area contributed by atoms with Crippen molar-refractivity contribution in [3.8, 4) is 5.75 Å². The Bertz CT molecular complexity index is 799. The van der Waals surface area contributed by atoms with E-state index < -0.39 is 0 Å². The highest BCUT2D eigenvalue weighted by atomic mass is 16.5. The number of imidazole rings is 1. The van der Waals surface area contributed by atoms with Gasteiger partial charge in [0.25, 0.3) is 0 Å². The van der Waals surface area contributed by atoms with Crippen LogP contribution in [0.4, 0.5) is 0 Å². The number of aromatic nitrogens is 2. The van der Waals surface area contributed by atoms with Crippen LogP contribution < -0.4 is 10.1 Å². The minimum atomic E-state index is -0.134. The summed E-state index contributed by atoms with van der Waals surface area (Å²) in [6.45, 7) is 3.35. The molecule has 0 bridgehead atoms. The minimum Gasteiger partial charge on any atom is -0.494 e. The summed E-state index contributed by atoms with van der Waals surface area (Å²) in [4.78, 5) is 15.4. The number of aryl methyl sites for hydroxylation is 1. The van der Waals surface area contributed by atoms with E-state index in [2.05, 4.69) is 20.9 Å². The standard InChI is InChI=1S/C19H21N3O2/c1-15(20-14-23)19-21-17-10-5-6-11-18(17)22(19)12-7-13-24-16-8-3-2-4-9-16/h2-6,8-11,14-15H,7,12-13H2,1H3,(H,20,23). The predicted molar refractivity (Wildman–Crippen MR) is 93.9 cm³/mol. The Balaban J connectivity index is 1.72. The summed E-state index contributed by atoms with van der Waals surface area (Å²) >= 11 is 0. The third-order valence-corrected chi connectivity index (χ3v) is 3.93. The topological polar surface area (TPSA) is 56.2 Å². The van der Waals surface area contributed by atoms with Crippen molar-refractivity contribution < 1.29 is 9.53 Å². The molecule has 1 heterocycles. The SMILES string of the molecule is CC(NC=O)c1nc2ccccc2n1CCCOc1ccccc1. The molecule has 3 aromatic rings. The Morgan fingerprint density at radius 3 is 2.71 bits per heavy atom. The van der Waals surface area contributed by atoms with Crippen LogP contribution in [0.3, 0.4) is 0 Å². The fourth-order valence-electron chi connectivity index (χ4n) is 2.77. The van der Waals surface area contributed by atoms with Crippen molar-refractivity contribution >= 4 is 17.4 Å². The first kappa shape index (κ1) is 16.1. The van der Waals surface area contributed by atoms with Crippen LogP contribution in [-0.4, -0.2) is 22.6 Å². The fourth-order valence-corrected chi connectivity index (χ4v) is 2.77. The third-order valence-electron chi connectivity index (χ3n) is 3.93. The number of benzene rings is 2. The van der Waals surface area contributed by atoms with Gasteiger partial charge in [0.15, 0.2) is 0 Å². The van der Waals surface area contributed by atoms with E-state index >= 15 is 0 Å². The fraction of sp³-hybridized carbons (Fsp3) is 0.263. The summed E-state index contributed by atoms with van der Waals surface area (Å²) in [6.07, 6.45) is 1.57. The van der Waals surface area contributed by atoms with Gasteiger partial charge in [-0.3, -0.25) is 4.79 Å². The first-order valence-corrected chi connectivity index (χ1v) is 8.12. The van der Waals surface area contributed by atoms with Gasteiger partial charge in [-0.1, -0.05) is 30.3 Å². The van der Waals surface area contributed by atoms with Crippen molar-refractivity contribution in [1.82, 2.24) is 14.9 Å². The molecular weight excluding hydrogens is 302 g/mol. The highest BCUT2D eigenvalue weighted by Crippen LogP contribution is 2.21. The molecule has 3 rings (SSSR count). The van der Waals surface area contributed by atoms with Crippen LogP contribution >= 0.6 is 0 Å². The molecule has 0 aliphatic rings. The molecule has 5 nitrogen and oxygen atoms in total. The summed E-state index contributed by atoms with van der Waals surface area (Å²) in [5.41, 5.74) is 2.02. The molecule has 1 N–H and O–H groups in total. The van der Waals surface area contributed by atoms with E-state index in [0.717, 1.165) is 35.6 Å². The van der Waals surface area contributed by atoms with Gasteiger partial charge in [-0.25, -0.2) is 4.98 Å². The lowest BCUT2D eigenvalue weighted by Gasteiger charge is -2.14. The first-order chi connectivity index (χ1) is 11.8. The molecule has 124 valence electrons. The van der Waals surface area contributed by atoms with Crippen LogP contribution in [0.2, 0.25) is 0 Å². The van der Waals surface area contributed by atoms with Crippen molar-refractivity contribution in [1.29, 1.82) is 0 Å². The number of rotatable bonds is 8. The van der Waals surface area contributed by atoms with Crippen LogP contribution in [-0.2, 0) is 11.3 Å². The second kappa shape index (κ2) is 7.64. The molecule has 0 radical (unpaired) electrons. The lowest BCUT2D eigenvalue weighted by Crippen LogP contribution is -2.21. The first-order valence-electron chi connectivity index (χ1n) is 8.12. The lowest BCUT2D eigenvalue weighted by molar-refractivity contribution is -0.110. The van der Waals surface area contributed by atoms with Crippen LogP contribution in [0, 0.1) is 0 Å². The van der Waals surface area contributed by atoms with Gasteiger partial charge in [-0.2, -0.15) is 0 Å². The third kappa shape index (κ3) is 3.56. The van der Waals surface area contributed by atoms with Gasteiger partial charge in [-0.15, -0.1) is 0 Å². The Kier molecular flexibility index (Phi) is 5.11. The van der Waals surface area contributed by atoms with E-state index in [1.165, 1.54) is 0 Å². The van der Waals surface area contributed by atoms with E-state index in [1.807, 2.05) is 55.5 Å². The van der Waals surface area contributed by atoms with Crippen molar-refractivity contribution in [2.45, 2.75) is 25.9 Å². The molecule has 24 heavy (non-hydrogen) atoms. The van der Waals surface area contributed by atoms with Gasteiger partial charge in [0.1, 0.15) is 11.6 Å². The van der Waals surface area contributed by atoms with E-state index in [0.29, 0.717) is 13.0 Å². The van der Waals surface area contributed by atoms with Gasteiger partial charge in [0.05, 0.1) is 23.7 Å². The van der Waals surface area contributed by atoms with E-state index in [9.17, 15) is 4.79 Å². The molecular formula is C19H21N3O2. The number of hydrogen-bond donors (Lipinski definition) is 1. The number of nitrogens with one attached hydrogen (secondary N) is 1. The molecule has 5 heteroatoms. The number of fused-ring (bicyclic) bond motifs is 1. The second-order valence-electron chi connectivity index (χ2n) is 5.63. The summed E-state index contributed by atoms with van der Waals surface area (Å²) in [6, 6.07) is 17.7. The number of amides is 1. The number of nitrogens with zero attached hydrogens (tertiary/aromatic N) is 2. The van der Waals surface area contributed by atoms with Crippen LogP contribution in [0.5, 0.6) is 5.75 Å². The van der Waals surface area contributed by atoms with Gasteiger partial charge in [0.2, 0.25) is 6.41 Å². The summed E-state index contributed by atoms with van der Waals surface area (Å²) < 4.78 is 7.92. The van der Waals surface area contributed by atoms with Crippen molar-refractivity contribution in [2.24, 2.45) is 0 Å². The lowest BCUT2D eigenvalue weighted by atomic mass is 10.3. The normalized spacial score (nSPS) is 12.0. The minimum absolute atomic E-state index is 0.134. The quantitative estimate of drug-likeness (QED) is 0.511. The average molecular weight is 323 g/mol. The Labute approximate surface area is 141 Å². The summed E-state index contributed by atoms with van der Waals surface area (Å²) in [7, 11) is 0. The zero-order valence-electron chi connectivity index (χ0n) is 13.7. The van der Waals surface area contributed by atoms with Gasteiger partial charge in [0, 0.05) is 6.54 Å². The molecule has 1 atom stereocenters. The molecule has 0 saturated carbocycles. The van der Waals surface area contributed by atoms with Gasteiger partial charge < -0.3 is 14.6 Å². The predicted octanol–water partition coefficient (Wildman–Crippen LogP) is 3.31. The highest BCUT2D eigenvalue weighted by molar-refractivity contribution is 5.76. The van der Waals surface area contributed by atoms with Crippen LogP contribution in [0.25, 0.3) is 11.0 Å². The maximum absolute atomic E-state index is 10.8. The average Bonchev–Trinajstić information content (AvgIpc) is 2.99. The number of ether oxygens (including phenoxy) is 1. The van der Waals surface area contributed by atoms with E-state index in [4.69, 9.17) is 4.74 Å². The molecule has 0 aliphatic heterocycles. The Morgan fingerprint density at radius 2 is 1.92 bits per heavy atom. The zero-order valence-corrected chi connectivity index (χ0v) is 13.7. The largest absolute Gasteiger partial charge is 0.494 e. The van der Waals surface area contributed by atoms with Crippen molar-refractivity contribution in [3.63, 3.8) is 0 Å².